The smallest absolute Gasteiger partial charge is 0.133 e. The van der Waals surface area contributed by atoms with Gasteiger partial charge in [0.2, 0.25) is 0 Å². The number of piperidine rings is 1. The fraction of sp³-hybridized carbons (Fsp3) is 0.474. The predicted molar refractivity (Wildman–Crippen MR) is 99.7 cm³/mol. The number of ether oxygens (including phenoxy) is 1. The molecule has 0 aromatic carbocycles. The van der Waals surface area contributed by atoms with Crippen LogP contribution < -0.4 is 5.32 Å². The van der Waals surface area contributed by atoms with E-state index in [-0.39, 0.29) is 0 Å². The number of rotatable bonds is 4. The van der Waals surface area contributed by atoms with Crippen LogP contribution in [-0.2, 0) is 4.74 Å². The topological polar surface area (TPSA) is 50.3 Å². The van der Waals surface area contributed by atoms with E-state index in [1.54, 1.807) is 6.20 Å². The standard InChI is InChI=1S/C19H23ClN4O/c1-13-2-5-21-18(8-13)23-19-10-15(9-17(20)22-19)14-3-6-24(7-4-14)16-11-25-12-16/h2,5,8-10,14,16H,3-4,6-7,11-12H2,1H3,(H,21,22,23). The largest absolute Gasteiger partial charge is 0.378 e. The van der Waals surface area contributed by atoms with E-state index in [9.17, 15) is 0 Å². The minimum Gasteiger partial charge on any atom is -0.378 e. The van der Waals surface area contributed by atoms with Gasteiger partial charge in [-0.1, -0.05) is 11.6 Å². The maximum absolute atomic E-state index is 6.28. The van der Waals surface area contributed by atoms with Crippen LogP contribution in [0.25, 0.3) is 0 Å². The Morgan fingerprint density at radius 1 is 1.16 bits per heavy atom. The third-order valence-electron chi connectivity index (χ3n) is 5.13. The molecular formula is C19H23ClN4O. The molecule has 6 heteroatoms. The summed E-state index contributed by atoms with van der Waals surface area (Å²) in [5, 5.41) is 3.81. The van der Waals surface area contributed by atoms with E-state index in [0.29, 0.717) is 17.1 Å². The van der Waals surface area contributed by atoms with Crippen LogP contribution in [0.4, 0.5) is 11.6 Å². The summed E-state index contributed by atoms with van der Waals surface area (Å²) in [5.74, 6) is 2.08. The van der Waals surface area contributed by atoms with Gasteiger partial charge in [-0.25, -0.2) is 9.97 Å². The molecule has 1 N–H and O–H groups in total. The van der Waals surface area contributed by atoms with E-state index in [1.165, 1.54) is 5.56 Å². The van der Waals surface area contributed by atoms with Crippen LogP contribution in [0.5, 0.6) is 0 Å². The molecular weight excluding hydrogens is 336 g/mol. The van der Waals surface area contributed by atoms with Crippen LogP contribution >= 0.6 is 11.6 Å². The molecule has 0 aliphatic carbocycles. The van der Waals surface area contributed by atoms with Crippen molar-refractivity contribution in [3.05, 3.63) is 46.7 Å². The lowest BCUT2D eigenvalue weighted by molar-refractivity contribution is -0.0712. The van der Waals surface area contributed by atoms with Crippen LogP contribution in [-0.4, -0.2) is 47.2 Å². The SMILES string of the molecule is Cc1ccnc(Nc2cc(C3CCN(C4COC4)CC3)cc(Cl)n2)c1. The number of pyridine rings is 2. The Balaban J connectivity index is 1.46. The summed E-state index contributed by atoms with van der Waals surface area (Å²) in [5.41, 5.74) is 2.42. The molecule has 2 aromatic rings. The molecule has 25 heavy (non-hydrogen) atoms. The Labute approximate surface area is 153 Å². The average molecular weight is 359 g/mol. The number of hydrogen-bond acceptors (Lipinski definition) is 5. The molecule has 0 spiro atoms. The first-order valence-corrected chi connectivity index (χ1v) is 9.24. The summed E-state index contributed by atoms with van der Waals surface area (Å²) in [6, 6.07) is 8.72. The van der Waals surface area contributed by atoms with Gasteiger partial charge in [0.1, 0.15) is 16.8 Å². The van der Waals surface area contributed by atoms with E-state index < -0.39 is 0 Å². The summed E-state index contributed by atoms with van der Waals surface area (Å²) in [7, 11) is 0. The van der Waals surface area contributed by atoms with Gasteiger partial charge in [-0.3, -0.25) is 4.90 Å². The number of halogens is 1. The van der Waals surface area contributed by atoms with E-state index in [0.717, 1.165) is 56.3 Å². The molecule has 132 valence electrons. The molecule has 0 atom stereocenters. The number of anilines is 2. The lowest BCUT2D eigenvalue weighted by Crippen LogP contribution is -2.51. The third kappa shape index (κ3) is 3.94. The first kappa shape index (κ1) is 16.8. The van der Waals surface area contributed by atoms with Gasteiger partial charge in [0.05, 0.1) is 19.3 Å². The number of nitrogens with one attached hydrogen (secondary N) is 1. The van der Waals surface area contributed by atoms with Crippen molar-refractivity contribution in [2.45, 2.75) is 31.7 Å². The summed E-state index contributed by atoms with van der Waals surface area (Å²) < 4.78 is 5.31. The van der Waals surface area contributed by atoms with Crippen molar-refractivity contribution in [1.82, 2.24) is 14.9 Å². The zero-order valence-electron chi connectivity index (χ0n) is 14.4. The van der Waals surface area contributed by atoms with Crippen molar-refractivity contribution in [1.29, 1.82) is 0 Å². The highest BCUT2D eigenvalue weighted by atomic mass is 35.5. The summed E-state index contributed by atoms with van der Waals surface area (Å²) >= 11 is 6.28. The van der Waals surface area contributed by atoms with Crippen LogP contribution in [0, 0.1) is 6.92 Å². The second-order valence-electron chi connectivity index (χ2n) is 6.95. The molecule has 2 saturated heterocycles. The molecule has 2 aliphatic heterocycles. The zero-order valence-corrected chi connectivity index (χ0v) is 15.2. The first-order chi connectivity index (χ1) is 12.2. The highest BCUT2D eigenvalue weighted by molar-refractivity contribution is 6.29. The lowest BCUT2D eigenvalue weighted by atomic mass is 9.89. The molecule has 4 rings (SSSR count). The highest BCUT2D eigenvalue weighted by Gasteiger charge is 2.30. The van der Waals surface area contributed by atoms with Gasteiger partial charge in [0.15, 0.2) is 0 Å². The Kier molecular flexibility index (Phi) is 4.88. The van der Waals surface area contributed by atoms with Gasteiger partial charge >= 0.3 is 0 Å². The quantitative estimate of drug-likeness (QED) is 0.843. The third-order valence-corrected chi connectivity index (χ3v) is 5.32. The number of aryl methyl sites for hydroxylation is 1. The van der Waals surface area contributed by atoms with Crippen LogP contribution in [0.2, 0.25) is 5.15 Å². The van der Waals surface area contributed by atoms with Crippen LogP contribution in [0.15, 0.2) is 30.5 Å². The normalized spacial score (nSPS) is 19.6. The van der Waals surface area contributed by atoms with Gasteiger partial charge in [-0.15, -0.1) is 0 Å². The second-order valence-corrected chi connectivity index (χ2v) is 7.34. The molecule has 0 saturated carbocycles. The van der Waals surface area contributed by atoms with Crippen molar-refractivity contribution in [3.63, 3.8) is 0 Å². The number of aromatic nitrogens is 2. The summed E-state index contributed by atoms with van der Waals surface area (Å²) in [6.45, 7) is 6.08. The van der Waals surface area contributed by atoms with Crippen LogP contribution in [0.3, 0.4) is 0 Å². The van der Waals surface area contributed by atoms with Gasteiger partial charge in [0.25, 0.3) is 0 Å². The molecule has 2 fully saturated rings. The van der Waals surface area contributed by atoms with Crippen molar-refractivity contribution in [2.75, 3.05) is 31.6 Å². The van der Waals surface area contributed by atoms with Crippen molar-refractivity contribution < 1.29 is 4.74 Å². The van der Waals surface area contributed by atoms with Gasteiger partial charge in [-0.2, -0.15) is 0 Å². The molecule has 4 heterocycles. The van der Waals surface area contributed by atoms with Crippen molar-refractivity contribution >= 4 is 23.2 Å². The van der Waals surface area contributed by atoms with E-state index in [4.69, 9.17) is 16.3 Å². The van der Waals surface area contributed by atoms with Crippen molar-refractivity contribution in [2.24, 2.45) is 0 Å². The Morgan fingerprint density at radius 2 is 1.96 bits per heavy atom. The number of nitrogens with zero attached hydrogens (tertiary/aromatic N) is 3. The molecule has 0 amide bonds. The van der Waals surface area contributed by atoms with Gasteiger partial charge in [0, 0.05) is 6.20 Å². The second kappa shape index (κ2) is 7.28. The predicted octanol–water partition coefficient (Wildman–Crippen LogP) is 3.76. The Morgan fingerprint density at radius 3 is 2.64 bits per heavy atom. The maximum atomic E-state index is 6.28. The molecule has 5 nitrogen and oxygen atoms in total. The molecule has 0 unspecified atom stereocenters. The zero-order chi connectivity index (χ0) is 17.2. The first-order valence-electron chi connectivity index (χ1n) is 8.86. The van der Waals surface area contributed by atoms with Crippen molar-refractivity contribution in [3.8, 4) is 0 Å². The number of likely N-dealkylation sites (tertiary alicyclic amines) is 1. The van der Waals surface area contributed by atoms with E-state index >= 15 is 0 Å². The Bertz CT molecular complexity index is 742. The van der Waals surface area contributed by atoms with Gasteiger partial charge in [-0.05, 0) is 74.2 Å². The molecule has 0 bridgehead atoms. The summed E-state index contributed by atoms with van der Waals surface area (Å²) in [6.07, 6.45) is 4.10. The Hall–Kier alpha value is -1.69. The minimum atomic E-state index is 0.530. The summed E-state index contributed by atoms with van der Waals surface area (Å²) in [4.78, 5) is 11.3. The molecule has 0 radical (unpaired) electrons. The fourth-order valence-electron chi connectivity index (χ4n) is 3.58. The average Bonchev–Trinajstić information content (AvgIpc) is 2.53. The van der Waals surface area contributed by atoms with E-state index in [2.05, 4.69) is 26.3 Å². The maximum Gasteiger partial charge on any atom is 0.133 e. The fourth-order valence-corrected chi connectivity index (χ4v) is 3.80. The molecule has 2 aliphatic rings. The lowest BCUT2D eigenvalue weighted by Gasteiger charge is -2.41. The van der Waals surface area contributed by atoms with E-state index in [1.807, 2.05) is 25.1 Å². The highest BCUT2D eigenvalue weighted by Crippen LogP contribution is 2.32. The number of hydrogen-bond donors (Lipinski definition) is 1. The van der Waals surface area contributed by atoms with Crippen LogP contribution in [0.1, 0.15) is 29.9 Å². The minimum absolute atomic E-state index is 0.530. The van der Waals surface area contributed by atoms with Gasteiger partial charge < -0.3 is 10.1 Å². The monoisotopic (exact) mass is 358 g/mol. The molecule has 2 aromatic heterocycles.